The zero-order valence-electron chi connectivity index (χ0n) is 8.33. The van der Waals surface area contributed by atoms with Crippen LogP contribution in [0.4, 0.5) is 5.95 Å². The summed E-state index contributed by atoms with van der Waals surface area (Å²) in [6.07, 6.45) is 1.71. The number of methoxy groups -OCH3 is 1. The van der Waals surface area contributed by atoms with Gasteiger partial charge in [-0.05, 0) is 13.0 Å². The first-order valence-electron chi connectivity index (χ1n) is 4.37. The van der Waals surface area contributed by atoms with Crippen LogP contribution in [-0.2, 0) is 4.74 Å². The number of rotatable bonds is 5. The van der Waals surface area contributed by atoms with Crippen molar-refractivity contribution >= 4 is 17.5 Å². The summed E-state index contributed by atoms with van der Waals surface area (Å²) in [5.41, 5.74) is 0.924. The number of alkyl halides is 1. The van der Waals surface area contributed by atoms with Gasteiger partial charge in [0, 0.05) is 24.9 Å². The minimum atomic E-state index is 0.0449. The topological polar surface area (TPSA) is 47.0 Å². The molecule has 0 fully saturated rings. The summed E-state index contributed by atoms with van der Waals surface area (Å²) in [7, 11) is 1.64. The Morgan fingerprint density at radius 2 is 2.43 bits per heavy atom. The fraction of sp³-hybridized carbons (Fsp3) is 0.556. The van der Waals surface area contributed by atoms with Gasteiger partial charge in [-0.3, -0.25) is 0 Å². The fourth-order valence-corrected chi connectivity index (χ4v) is 1.19. The Labute approximate surface area is 88.7 Å². The predicted octanol–water partition coefficient (Wildman–Crippen LogP) is 1.45. The molecule has 4 nitrogen and oxygen atoms in total. The molecule has 0 radical (unpaired) electrons. The van der Waals surface area contributed by atoms with E-state index in [9.17, 15) is 0 Å². The van der Waals surface area contributed by atoms with Crippen LogP contribution in [0, 0.1) is 6.92 Å². The Morgan fingerprint density at radius 1 is 1.64 bits per heavy atom. The third-order valence-corrected chi connectivity index (χ3v) is 2.05. The molecule has 5 heteroatoms. The van der Waals surface area contributed by atoms with E-state index in [2.05, 4.69) is 15.3 Å². The lowest BCUT2D eigenvalue weighted by Gasteiger charge is -2.14. The van der Waals surface area contributed by atoms with Crippen molar-refractivity contribution < 1.29 is 4.74 Å². The average molecular weight is 216 g/mol. The molecular formula is C9H14ClN3O. The molecule has 1 rings (SSSR count). The average Bonchev–Trinajstić information content (AvgIpc) is 2.17. The maximum Gasteiger partial charge on any atom is 0.223 e. The van der Waals surface area contributed by atoms with E-state index in [4.69, 9.17) is 16.3 Å². The fourth-order valence-electron chi connectivity index (χ4n) is 1.03. The van der Waals surface area contributed by atoms with E-state index in [1.165, 1.54) is 0 Å². The van der Waals surface area contributed by atoms with E-state index in [0.717, 1.165) is 5.69 Å². The standard InChI is InChI=1S/C9H14ClN3O/c1-7-3-4-11-9(12-7)13-8(5-10)6-14-2/h3-4,8H,5-6H2,1-2H3,(H,11,12,13). The molecule has 0 aliphatic carbocycles. The zero-order chi connectivity index (χ0) is 10.4. The second-order valence-electron chi connectivity index (χ2n) is 2.97. The van der Waals surface area contributed by atoms with Crippen LogP contribution >= 0.6 is 11.6 Å². The lowest BCUT2D eigenvalue weighted by molar-refractivity contribution is 0.191. The van der Waals surface area contributed by atoms with Gasteiger partial charge >= 0.3 is 0 Å². The van der Waals surface area contributed by atoms with Gasteiger partial charge in [-0.2, -0.15) is 0 Å². The number of nitrogens with zero attached hydrogens (tertiary/aromatic N) is 2. The minimum Gasteiger partial charge on any atom is -0.383 e. The Morgan fingerprint density at radius 3 is 3.00 bits per heavy atom. The van der Waals surface area contributed by atoms with Crippen LogP contribution in [0.5, 0.6) is 0 Å². The maximum atomic E-state index is 5.74. The smallest absolute Gasteiger partial charge is 0.223 e. The molecule has 0 bridgehead atoms. The number of anilines is 1. The Hall–Kier alpha value is -0.870. The van der Waals surface area contributed by atoms with Gasteiger partial charge in [-0.15, -0.1) is 11.6 Å². The normalized spacial score (nSPS) is 12.5. The van der Waals surface area contributed by atoms with Crippen molar-refractivity contribution in [2.24, 2.45) is 0 Å². The Bertz CT molecular complexity index is 283. The van der Waals surface area contributed by atoms with E-state index in [1.807, 2.05) is 13.0 Å². The molecule has 78 valence electrons. The number of aromatic nitrogens is 2. The zero-order valence-corrected chi connectivity index (χ0v) is 9.08. The minimum absolute atomic E-state index is 0.0449. The molecule has 1 unspecified atom stereocenters. The van der Waals surface area contributed by atoms with E-state index < -0.39 is 0 Å². The van der Waals surface area contributed by atoms with Crippen LogP contribution in [0.3, 0.4) is 0 Å². The van der Waals surface area contributed by atoms with Crippen LogP contribution in [0.2, 0.25) is 0 Å². The number of nitrogens with one attached hydrogen (secondary N) is 1. The van der Waals surface area contributed by atoms with E-state index in [1.54, 1.807) is 13.3 Å². The monoisotopic (exact) mass is 215 g/mol. The van der Waals surface area contributed by atoms with Crippen LogP contribution < -0.4 is 5.32 Å². The lowest BCUT2D eigenvalue weighted by atomic mass is 10.3. The second-order valence-corrected chi connectivity index (χ2v) is 3.28. The molecule has 0 amide bonds. The summed E-state index contributed by atoms with van der Waals surface area (Å²) in [6, 6.07) is 1.89. The molecule has 14 heavy (non-hydrogen) atoms. The summed E-state index contributed by atoms with van der Waals surface area (Å²) in [4.78, 5) is 8.28. The molecule has 0 aliphatic heterocycles. The summed E-state index contributed by atoms with van der Waals surface area (Å²) in [5, 5.41) is 3.09. The van der Waals surface area contributed by atoms with Crippen molar-refractivity contribution in [3.63, 3.8) is 0 Å². The first-order chi connectivity index (χ1) is 6.76. The van der Waals surface area contributed by atoms with E-state index >= 15 is 0 Å². The summed E-state index contributed by atoms with van der Waals surface area (Å²) in [6.45, 7) is 2.46. The number of halogens is 1. The number of hydrogen-bond acceptors (Lipinski definition) is 4. The van der Waals surface area contributed by atoms with Crippen molar-refractivity contribution in [1.82, 2.24) is 9.97 Å². The van der Waals surface area contributed by atoms with Gasteiger partial charge < -0.3 is 10.1 Å². The molecule has 0 saturated carbocycles. The SMILES string of the molecule is COCC(CCl)Nc1nccc(C)n1. The van der Waals surface area contributed by atoms with Gasteiger partial charge in [0.15, 0.2) is 0 Å². The van der Waals surface area contributed by atoms with Crippen LogP contribution in [0.15, 0.2) is 12.3 Å². The highest BCUT2D eigenvalue weighted by Gasteiger charge is 2.07. The molecule has 1 N–H and O–H groups in total. The summed E-state index contributed by atoms with van der Waals surface area (Å²) < 4.78 is 4.99. The van der Waals surface area contributed by atoms with Crippen LogP contribution in [0.25, 0.3) is 0 Å². The number of aryl methyl sites for hydroxylation is 1. The summed E-state index contributed by atoms with van der Waals surface area (Å²) in [5.74, 6) is 1.05. The first-order valence-corrected chi connectivity index (χ1v) is 4.90. The van der Waals surface area contributed by atoms with Crippen molar-refractivity contribution in [1.29, 1.82) is 0 Å². The molecular weight excluding hydrogens is 202 g/mol. The molecule has 1 atom stereocenters. The van der Waals surface area contributed by atoms with E-state index in [0.29, 0.717) is 18.4 Å². The number of hydrogen-bond donors (Lipinski definition) is 1. The van der Waals surface area contributed by atoms with Gasteiger partial charge in [0.2, 0.25) is 5.95 Å². The molecule has 0 saturated heterocycles. The molecule has 0 aromatic carbocycles. The highest BCUT2D eigenvalue weighted by molar-refractivity contribution is 6.18. The van der Waals surface area contributed by atoms with Crippen LogP contribution in [0.1, 0.15) is 5.69 Å². The van der Waals surface area contributed by atoms with Gasteiger partial charge in [-0.1, -0.05) is 0 Å². The number of ether oxygens (including phenoxy) is 1. The van der Waals surface area contributed by atoms with Crippen molar-refractivity contribution in [3.05, 3.63) is 18.0 Å². The predicted molar refractivity (Wildman–Crippen MR) is 56.8 cm³/mol. The maximum absolute atomic E-state index is 5.74. The van der Waals surface area contributed by atoms with Crippen LogP contribution in [-0.4, -0.2) is 35.6 Å². The third kappa shape index (κ3) is 3.47. The van der Waals surface area contributed by atoms with Crippen molar-refractivity contribution in [2.75, 3.05) is 24.9 Å². The van der Waals surface area contributed by atoms with Gasteiger partial charge in [-0.25, -0.2) is 9.97 Å². The second kappa shape index (κ2) is 5.78. The Balaban J connectivity index is 2.57. The van der Waals surface area contributed by atoms with Gasteiger partial charge in [0.05, 0.1) is 12.6 Å². The van der Waals surface area contributed by atoms with Gasteiger partial charge in [0.1, 0.15) is 0 Å². The molecule has 0 aliphatic rings. The Kier molecular flexibility index (Phi) is 4.62. The van der Waals surface area contributed by atoms with Crippen molar-refractivity contribution in [2.45, 2.75) is 13.0 Å². The van der Waals surface area contributed by atoms with Crippen molar-refractivity contribution in [3.8, 4) is 0 Å². The third-order valence-electron chi connectivity index (χ3n) is 1.68. The quantitative estimate of drug-likeness (QED) is 0.756. The highest BCUT2D eigenvalue weighted by atomic mass is 35.5. The largest absolute Gasteiger partial charge is 0.383 e. The highest BCUT2D eigenvalue weighted by Crippen LogP contribution is 2.02. The first kappa shape index (κ1) is 11.2. The van der Waals surface area contributed by atoms with Gasteiger partial charge in [0.25, 0.3) is 0 Å². The molecule has 0 spiro atoms. The summed E-state index contributed by atoms with van der Waals surface area (Å²) >= 11 is 5.74. The molecule has 1 heterocycles. The van der Waals surface area contributed by atoms with E-state index in [-0.39, 0.29) is 6.04 Å². The molecule has 1 aromatic rings. The lowest BCUT2D eigenvalue weighted by Crippen LogP contribution is -2.27. The molecule has 1 aromatic heterocycles.